The van der Waals surface area contributed by atoms with Crippen LogP contribution >= 0.6 is 15.6 Å². The lowest BCUT2D eigenvalue weighted by Gasteiger charge is -2.21. The fourth-order valence-corrected chi connectivity index (χ4v) is 13.9. The van der Waals surface area contributed by atoms with Gasteiger partial charge in [0.1, 0.15) is 25.4 Å². The lowest BCUT2D eigenvalue weighted by Crippen LogP contribution is -2.30. The molecule has 0 bridgehead atoms. The van der Waals surface area contributed by atoms with E-state index in [2.05, 4.69) is 179 Å². The molecule has 16 nitrogen and oxygen atoms in total. The van der Waals surface area contributed by atoms with E-state index in [-0.39, 0.29) is 19.3 Å². The molecule has 115 heavy (non-hydrogen) atoms. The Kier molecular flexibility index (Phi) is 84.7. The minimum atomic E-state index is -4.95. The molecule has 0 rings (SSSR count). The molecule has 0 aromatic carbocycles. The monoisotopic (exact) mass is 1650 g/mol. The summed E-state index contributed by atoms with van der Waals surface area (Å²) >= 11 is 0. The van der Waals surface area contributed by atoms with Gasteiger partial charge < -0.3 is 34.2 Å². The largest absolute Gasteiger partial charge is 0.472 e. The number of phosphoric ester groups is 2. The summed E-state index contributed by atoms with van der Waals surface area (Å²) in [5, 5.41) is 20.7. The number of esters is 3. The van der Waals surface area contributed by atoms with Crippen LogP contribution in [0.1, 0.15) is 380 Å². The van der Waals surface area contributed by atoms with Crippen LogP contribution in [-0.2, 0) is 55.8 Å². The molecule has 0 saturated heterocycles. The van der Waals surface area contributed by atoms with Crippen molar-refractivity contribution < 1.29 is 75.8 Å². The standard InChI is InChI=1S/C97H166O16P2/c1-4-7-10-13-16-19-22-25-28-31-34-36-38-40-42-44-45-47-49-50-52-54-57-59-62-65-68-71-74-77-80-83-95(100)107-86-92(98)87-109-114(103,104)110-88-93(99)89-111-115(105,106)112-91-94(113-97(102)85-82-79-76-73-70-67-64-61-56-33-30-27-24-21-18-15-12-9-6-3)90-108-96(101)84-81-78-75-72-69-66-63-60-58-55-53-51-48-46-43-41-39-37-35-32-29-26-23-20-17-14-11-8-5-2/h8,11,16-21,25-30,34-37,40-43,48,51,56,61,92-94,98-99H,4-7,9-10,12-15,22-24,31-33,38-39,44-47,49-50,52-55,57-60,62-91H2,1-3H3,(H,103,104)(H,105,106)/b11-8-,19-16-,20-17-,21-18-,28-25-,29-26-,30-27-,36-34-,37-35-,42-40-,43-41-,51-48-,61-56-. The van der Waals surface area contributed by atoms with E-state index in [1.165, 1.54) is 154 Å². The molecule has 4 N–H and O–H groups in total. The second-order valence-corrected chi connectivity index (χ2v) is 33.3. The van der Waals surface area contributed by atoms with Crippen LogP contribution in [0.5, 0.6) is 0 Å². The van der Waals surface area contributed by atoms with E-state index in [4.69, 9.17) is 32.3 Å². The van der Waals surface area contributed by atoms with Crippen molar-refractivity contribution >= 4 is 33.6 Å². The maximum absolute atomic E-state index is 13.1. The molecule has 0 heterocycles. The Hall–Kier alpha value is -4.83. The lowest BCUT2D eigenvalue weighted by atomic mass is 10.0. The van der Waals surface area contributed by atoms with Gasteiger partial charge in [-0.2, -0.15) is 0 Å². The molecule has 5 atom stereocenters. The maximum Gasteiger partial charge on any atom is 0.472 e. The molecule has 5 unspecified atom stereocenters. The van der Waals surface area contributed by atoms with Gasteiger partial charge in [0.25, 0.3) is 0 Å². The van der Waals surface area contributed by atoms with Crippen molar-refractivity contribution in [1.29, 1.82) is 0 Å². The van der Waals surface area contributed by atoms with Crippen LogP contribution in [-0.4, -0.2) is 95.9 Å². The Morgan fingerprint density at radius 3 is 0.730 bits per heavy atom. The Morgan fingerprint density at radius 2 is 0.461 bits per heavy atom. The number of hydrogen-bond acceptors (Lipinski definition) is 14. The van der Waals surface area contributed by atoms with Crippen LogP contribution in [0.25, 0.3) is 0 Å². The number of rotatable bonds is 86. The summed E-state index contributed by atoms with van der Waals surface area (Å²) in [5.74, 6) is -1.59. The molecule has 0 radical (unpaired) electrons. The van der Waals surface area contributed by atoms with E-state index in [9.17, 15) is 43.5 Å². The van der Waals surface area contributed by atoms with Crippen molar-refractivity contribution in [2.24, 2.45) is 0 Å². The van der Waals surface area contributed by atoms with Gasteiger partial charge in [-0.3, -0.25) is 32.5 Å². The van der Waals surface area contributed by atoms with E-state index in [1.807, 2.05) is 0 Å². The molecule has 0 saturated carbocycles. The van der Waals surface area contributed by atoms with Crippen LogP contribution in [0.15, 0.2) is 158 Å². The summed E-state index contributed by atoms with van der Waals surface area (Å²) in [7, 11) is -9.81. The van der Waals surface area contributed by atoms with E-state index >= 15 is 0 Å². The van der Waals surface area contributed by atoms with Gasteiger partial charge in [0.2, 0.25) is 0 Å². The third-order valence-electron chi connectivity index (χ3n) is 19.2. The molecule has 0 spiro atoms. The van der Waals surface area contributed by atoms with Gasteiger partial charge >= 0.3 is 33.6 Å². The van der Waals surface area contributed by atoms with Crippen molar-refractivity contribution in [1.82, 2.24) is 0 Å². The van der Waals surface area contributed by atoms with Gasteiger partial charge in [0, 0.05) is 19.3 Å². The summed E-state index contributed by atoms with van der Waals surface area (Å²) in [5.41, 5.74) is 0. The highest BCUT2D eigenvalue weighted by atomic mass is 31.2. The zero-order chi connectivity index (χ0) is 83.6. The fraction of sp³-hybridized carbons (Fsp3) is 0.701. The van der Waals surface area contributed by atoms with Crippen molar-refractivity contribution in [3.8, 4) is 0 Å². The number of aliphatic hydroxyl groups excluding tert-OH is 2. The first-order valence-electron chi connectivity index (χ1n) is 45.8. The van der Waals surface area contributed by atoms with Crippen molar-refractivity contribution in [3.63, 3.8) is 0 Å². The highest BCUT2D eigenvalue weighted by molar-refractivity contribution is 7.47. The molecule has 0 aliphatic rings. The predicted octanol–water partition coefficient (Wildman–Crippen LogP) is 28.1. The summed E-state index contributed by atoms with van der Waals surface area (Å²) in [6.45, 7) is 2.53. The molecular formula is C97H166O16P2. The summed E-state index contributed by atoms with van der Waals surface area (Å²) in [6, 6.07) is 0. The first kappa shape index (κ1) is 110. The molecule has 0 aliphatic heterocycles. The molecule has 18 heteroatoms. The first-order chi connectivity index (χ1) is 56.2. The van der Waals surface area contributed by atoms with Crippen LogP contribution < -0.4 is 0 Å². The van der Waals surface area contributed by atoms with E-state index in [0.717, 1.165) is 167 Å². The van der Waals surface area contributed by atoms with Crippen LogP contribution in [0.3, 0.4) is 0 Å². The topological polar surface area (TPSA) is 231 Å². The summed E-state index contributed by atoms with van der Waals surface area (Å²) < 4.78 is 61.4. The Bertz CT molecular complexity index is 2720. The summed E-state index contributed by atoms with van der Waals surface area (Å²) in [6.07, 6.45) is 113. The number of carbonyl (C=O) groups excluding carboxylic acids is 3. The number of ether oxygens (including phenoxy) is 3. The maximum atomic E-state index is 13.1. The third-order valence-corrected chi connectivity index (χ3v) is 21.1. The van der Waals surface area contributed by atoms with Crippen molar-refractivity contribution in [2.45, 2.75) is 399 Å². The smallest absolute Gasteiger partial charge is 0.463 e. The third kappa shape index (κ3) is 89.8. The normalized spacial score (nSPS) is 14.5. The average Bonchev–Trinajstić information content (AvgIpc) is 0.894. The average molecular weight is 1650 g/mol. The van der Waals surface area contributed by atoms with Gasteiger partial charge in [-0.25, -0.2) is 9.13 Å². The lowest BCUT2D eigenvalue weighted by molar-refractivity contribution is -0.161. The molecule has 0 aromatic heterocycles. The van der Waals surface area contributed by atoms with Crippen LogP contribution in [0.4, 0.5) is 0 Å². The molecule has 0 fully saturated rings. The molecule has 660 valence electrons. The summed E-state index contributed by atoms with van der Waals surface area (Å²) in [4.78, 5) is 59.0. The SMILES string of the molecule is CC/C=C\C/C=C\C/C=C\C/C=C\C/C=C\C/C=C\CCCCCCCCCCCCC(=O)OCC(COP(=O)(O)OCC(O)COP(=O)(O)OCC(O)COC(=O)CCCCCCCCCCCCCCCCC/C=C\C/C=C\C/C=C\C/C=C\CCCCC)OC(=O)CCCCCCCC/C=C\C/C=C\C/C=C\CCCCC. The highest BCUT2D eigenvalue weighted by Crippen LogP contribution is 2.45. The van der Waals surface area contributed by atoms with Gasteiger partial charge in [-0.05, 0) is 154 Å². The minimum Gasteiger partial charge on any atom is -0.463 e. The number of carbonyl (C=O) groups is 3. The number of hydrogen-bond donors (Lipinski definition) is 4. The first-order valence-corrected chi connectivity index (χ1v) is 48.8. The number of aliphatic hydroxyl groups is 2. The van der Waals surface area contributed by atoms with Crippen LogP contribution in [0, 0.1) is 0 Å². The zero-order valence-electron chi connectivity index (χ0n) is 72.7. The van der Waals surface area contributed by atoms with Gasteiger partial charge in [-0.15, -0.1) is 0 Å². The Morgan fingerprint density at radius 1 is 0.252 bits per heavy atom. The number of unbranched alkanes of at least 4 members (excludes halogenated alkanes) is 37. The van der Waals surface area contributed by atoms with E-state index in [0.29, 0.717) is 19.3 Å². The van der Waals surface area contributed by atoms with Gasteiger partial charge in [0.05, 0.1) is 26.4 Å². The van der Waals surface area contributed by atoms with E-state index in [1.54, 1.807) is 0 Å². The number of phosphoric acid groups is 2. The Balaban J connectivity index is 4.58. The van der Waals surface area contributed by atoms with Gasteiger partial charge in [0.15, 0.2) is 6.10 Å². The van der Waals surface area contributed by atoms with Crippen molar-refractivity contribution in [3.05, 3.63) is 158 Å². The predicted molar refractivity (Wildman–Crippen MR) is 482 cm³/mol. The molecular weight excluding hydrogens is 1480 g/mol. The highest BCUT2D eigenvalue weighted by Gasteiger charge is 2.29. The van der Waals surface area contributed by atoms with Gasteiger partial charge in [-0.1, -0.05) is 365 Å². The van der Waals surface area contributed by atoms with Crippen LogP contribution in [0.2, 0.25) is 0 Å². The second kappa shape index (κ2) is 88.5. The quantitative estimate of drug-likeness (QED) is 0.0146. The van der Waals surface area contributed by atoms with E-state index < -0.39 is 91.5 Å². The second-order valence-electron chi connectivity index (χ2n) is 30.4. The zero-order valence-corrected chi connectivity index (χ0v) is 74.5. The van der Waals surface area contributed by atoms with Crippen molar-refractivity contribution in [2.75, 3.05) is 39.6 Å². The molecule has 0 amide bonds. The fourth-order valence-electron chi connectivity index (χ4n) is 12.3. The number of allylic oxidation sites excluding steroid dienone is 26. The molecule has 0 aromatic rings. The minimum absolute atomic E-state index is 0.0855. The Labute approximate surface area is 701 Å². The molecule has 0 aliphatic carbocycles.